The summed E-state index contributed by atoms with van der Waals surface area (Å²) in [4.78, 5) is 9.15. The Bertz CT molecular complexity index is 882. The first kappa shape index (κ1) is 13.6. The highest BCUT2D eigenvalue weighted by Gasteiger charge is 2.24. The quantitative estimate of drug-likeness (QED) is 0.780. The summed E-state index contributed by atoms with van der Waals surface area (Å²) < 4.78 is 7.56. The maximum Gasteiger partial charge on any atom is 0.212 e. The number of ether oxygens (including phenoxy) is 1. The Morgan fingerprint density at radius 1 is 1.17 bits per heavy atom. The molecule has 4 rings (SSSR count). The Balaban J connectivity index is 1.83. The molecule has 0 spiro atoms. The van der Waals surface area contributed by atoms with E-state index in [0.29, 0.717) is 18.5 Å². The number of anilines is 1. The zero-order valence-corrected chi connectivity index (χ0v) is 12.7. The van der Waals surface area contributed by atoms with E-state index in [1.54, 1.807) is 0 Å². The van der Waals surface area contributed by atoms with Gasteiger partial charge in [0.1, 0.15) is 5.75 Å². The second-order valence-electron chi connectivity index (χ2n) is 5.31. The van der Waals surface area contributed by atoms with Crippen molar-refractivity contribution in [3.8, 4) is 5.75 Å². The number of fused-ring (bicyclic) bond motifs is 3. The van der Waals surface area contributed by atoms with Crippen LogP contribution in [0.3, 0.4) is 0 Å². The zero-order valence-electron chi connectivity index (χ0n) is 12.7. The van der Waals surface area contributed by atoms with Crippen LogP contribution in [-0.2, 0) is 0 Å². The normalized spacial score (nSPS) is 16.6. The molecule has 0 bridgehead atoms. The Labute approximate surface area is 133 Å². The highest BCUT2D eigenvalue weighted by Crippen LogP contribution is 2.32. The predicted octanol–water partition coefficient (Wildman–Crippen LogP) is 2.72. The first-order valence-electron chi connectivity index (χ1n) is 7.56. The molecule has 3 aromatic rings. The summed E-state index contributed by atoms with van der Waals surface area (Å²) in [6, 6.07) is 15.9. The topological polar surface area (TPSA) is 77.5 Å². The van der Waals surface area contributed by atoms with Gasteiger partial charge in [-0.25, -0.2) is 9.98 Å². The molecule has 1 atom stereocenters. The van der Waals surface area contributed by atoms with Crippen molar-refractivity contribution < 1.29 is 4.74 Å². The summed E-state index contributed by atoms with van der Waals surface area (Å²) in [7, 11) is 0. The van der Waals surface area contributed by atoms with Gasteiger partial charge >= 0.3 is 0 Å². The van der Waals surface area contributed by atoms with Crippen LogP contribution < -0.4 is 15.8 Å². The van der Waals surface area contributed by atoms with Gasteiger partial charge < -0.3 is 10.5 Å². The molecule has 0 saturated carbocycles. The SMILES string of the molecule is CCOc1ccc([C@@H]2N=C(N)Nc3nc4ccccc4n32)cc1. The van der Waals surface area contributed by atoms with E-state index in [1.165, 1.54) is 0 Å². The van der Waals surface area contributed by atoms with Crippen molar-refractivity contribution in [1.82, 2.24) is 9.55 Å². The van der Waals surface area contributed by atoms with E-state index in [1.807, 2.05) is 55.5 Å². The number of aromatic nitrogens is 2. The molecule has 0 fully saturated rings. The standard InChI is InChI=1S/C17H17N5O/c1-2-23-12-9-7-11(8-10-12)15-20-16(18)21-17-19-13-5-3-4-6-14(13)22(15)17/h3-10,15H,2H2,1H3,(H3,18,19,20,21)/t15-/m1/s1. The van der Waals surface area contributed by atoms with Crippen LogP contribution in [-0.4, -0.2) is 22.1 Å². The minimum atomic E-state index is -0.241. The van der Waals surface area contributed by atoms with Crippen LogP contribution in [0.1, 0.15) is 18.7 Å². The van der Waals surface area contributed by atoms with Crippen LogP contribution in [0.2, 0.25) is 0 Å². The second kappa shape index (κ2) is 5.31. The van der Waals surface area contributed by atoms with Gasteiger partial charge in [0.2, 0.25) is 5.95 Å². The van der Waals surface area contributed by atoms with Gasteiger partial charge in [0.05, 0.1) is 17.6 Å². The molecule has 116 valence electrons. The number of benzene rings is 2. The summed E-state index contributed by atoms with van der Waals surface area (Å²) in [6.07, 6.45) is -0.241. The third kappa shape index (κ3) is 2.28. The van der Waals surface area contributed by atoms with Gasteiger partial charge in [-0.05, 0) is 36.8 Å². The Morgan fingerprint density at radius 3 is 2.74 bits per heavy atom. The molecule has 2 heterocycles. The Hall–Kier alpha value is -3.02. The number of nitrogens with two attached hydrogens (primary N) is 1. The number of nitrogens with zero attached hydrogens (tertiary/aromatic N) is 3. The summed E-state index contributed by atoms with van der Waals surface area (Å²) in [6.45, 7) is 2.61. The van der Waals surface area contributed by atoms with E-state index >= 15 is 0 Å². The lowest BCUT2D eigenvalue weighted by molar-refractivity contribution is 0.340. The molecule has 0 aliphatic carbocycles. The molecule has 23 heavy (non-hydrogen) atoms. The van der Waals surface area contributed by atoms with E-state index in [9.17, 15) is 0 Å². The Morgan fingerprint density at radius 2 is 1.96 bits per heavy atom. The van der Waals surface area contributed by atoms with E-state index in [2.05, 4.69) is 19.9 Å². The predicted molar refractivity (Wildman–Crippen MR) is 90.7 cm³/mol. The molecule has 6 nitrogen and oxygen atoms in total. The lowest BCUT2D eigenvalue weighted by atomic mass is 10.1. The van der Waals surface area contributed by atoms with Crippen molar-refractivity contribution in [3.05, 3.63) is 54.1 Å². The van der Waals surface area contributed by atoms with Crippen LogP contribution in [0, 0.1) is 0 Å². The van der Waals surface area contributed by atoms with Crippen LogP contribution in [0.15, 0.2) is 53.5 Å². The average molecular weight is 307 g/mol. The van der Waals surface area contributed by atoms with E-state index in [4.69, 9.17) is 10.5 Å². The highest BCUT2D eigenvalue weighted by molar-refractivity contribution is 5.94. The van der Waals surface area contributed by atoms with Crippen molar-refractivity contribution in [3.63, 3.8) is 0 Å². The average Bonchev–Trinajstić information content (AvgIpc) is 2.93. The van der Waals surface area contributed by atoms with Crippen LogP contribution in [0.5, 0.6) is 5.75 Å². The van der Waals surface area contributed by atoms with Gasteiger partial charge in [-0.15, -0.1) is 0 Å². The third-order valence-corrected chi connectivity index (χ3v) is 3.83. The number of rotatable bonds is 3. The largest absolute Gasteiger partial charge is 0.494 e. The molecule has 0 unspecified atom stereocenters. The number of imidazole rings is 1. The first-order valence-corrected chi connectivity index (χ1v) is 7.56. The molecular weight excluding hydrogens is 290 g/mol. The molecule has 0 amide bonds. The molecule has 2 aromatic carbocycles. The first-order chi connectivity index (χ1) is 11.3. The Kier molecular flexibility index (Phi) is 3.15. The molecule has 0 radical (unpaired) electrons. The second-order valence-corrected chi connectivity index (χ2v) is 5.31. The minimum Gasteiger partial charge on any atom is -0.494 e. The summed E-state index contributed by atoms with van der Waals surface area (Å²) in [5.74, 6) is 1.92. The highest BCUT2D eigenvalue weighted by atomic mass is 16.5. The molecule has 3 N–H and O–H groups in total. The summed E-state index contributed by atoms with van der Waals surface area (Å²) in [5, 5.41) is 3.04. The number of guanidine groups is 1. The lowest BCUT2D eigenvalue weighted by Gasteiger charge is -2.23. The number of nitrogens with one attached hydrogen (secondary N) is 1. The van der Waals surface area contributed by atoms with Gasteiger partial charge in [0, 0.05) is 0 Å². The maximum absolute atomic E-state index is 5.94. The van der Waals surface area contributed by atoms with Gasteiger partial charge in [0.15, 0.2) is 12.1 Å². The summed E-state index contributed by atoms with van der Waals surface area (Å²) in [5.41, 5.74) is 8.90. The fourth-order valence-electron chi connectivity index (χ4n) is 2.84. The van der Waals surface area contributed by atoms with Crippen molar-refractivity contribution in [2.24, 2.45) is 10.7 Å². The van der Waals surface area contributed by atoms with Crippen LogP contribution in [0.25, 0.3) is 11.0 Å². The van der Waals surface area contributed by atoms with Gasteiger partial charge in [0.25, 0.3) is 0 Å². The molecule has 1 aromatic heterocycles. The lowest BCUT2D eigenvalue weighted by Crippen LogP contribution is -2.31. The number of hydrogen-bond acceptors (Lipinski definition) is 5. The van der Waals surface area contributed by atoms with E-state index in [0.717, 1.165) is 22.3 Å². The maximum atomic E-state index is 5.94. The van der Waals surface area contributed by atoms with Gasteiger partial charge in [-0.2, -0.15) is 0 Å². The number of para-hydroxylation sites is 2. The molecule has 1 aliphatic heterocycles. The van der Waals surface area contributed by atoms with Crippen LogP contribution in [0.4, 0.5) is 5.95 Å². The van der Waals surface area contributed by atoms with Crippen molar-refractivity contribution in [2.75, 3.05) is 11.9 Å². The zero-order chi connectivity index (χ0) is 15.8. The number of hydrogen-bond donors (Lipinski definition) is 2. The molecular formula is C17H17N5O. The third-order valence-electron chi connectivity index (χ3n) is 3.83. The fraction of sp³-hybridized carbons (Fsp3) is 0.176. The summed E-state index contributed by atoms with van der Waals surface area (Å²) >= 11 is 0. The molecule has 6 heteroatoms. The van der Waals surface area contributed by atoms with E-state index < -0.39 is 0 Å². The minimum absolute atomic E-state index is 0.241. The van der Waals surface area contributed by atoms with Gasteiger partial charge in [-0.1, -0.05) is 24.3 Å². The fourth-order valence-corrected chi connectivity index (χ4v) is 2.84. The van der Waals surface area contributed by atoms with Crippen molar-refractivity contribution >= 4 is 22.9 Å². The van der Waals surface area contributed by atoms with Crippen molar-refractivity contribution in [1.29, 1.82) is 0 Å². The monoisotopic (exact) mass is 307 g/mol. The molecule has 0 saturated heterocycles. The smallest absolute Gasteiger partial charge is 0.212 e. The number of aliphatic imine (C=N–C) groups is 1. The molecule has 1 aliphatic rings. The van der Waals surface area contributed by atoms with Crippen LogP contribution >= 0.6 is 0 Å². The van der Waals surface area contributed by atoms with Crippen molar-refractivity contribution in [2.45, 2.75) is 13.1 Å². The van der Waals surface area contributed by atoms with E-state index in [-0.39, 0.29) is 6.17 Å². The van der Waals surface area contributed by atoms with Gasteiger partial charge in [-0.3, -0.25) is 9.88 Å².